The lowest BCUT2D eigenvalue weighted by atomic mass is 10.2. The Bertz CT molecular complexity index is 575. The number of para-hydroxylation sites is 1. The summed E-state index contributed by atoms with van der Waals surface area (Å²) in [6.45, 7) is 5.71. The van der Waals surface area contributed by atoms with Crippen molar-refractivity contribution in [2.24, 2.45) is 0 Å². The normalized spacial score (nSPS) is 10.2. The van der Waals surface area contributed by atoms with Crippen molar-refractivity contribution < 1.29 is 9.53 Å². The van der Waals surface area contributed by atoms with Gasteiger partial charge in [0.1, 0.15) is 12.3 Å². The van der Waals surface area contributed by atoms with Crippen LogP contribution in [0.5, 0.6) is 0 Å². The summed E-state index contributed by atoms with van der Waals surface area (Å²) in [6.07, 6.45) is 0. The van der Waals surface area contributed by atoms with E-state index in [4.69, 9.17) is 4.74 Å². The minimum absolute atomic E-state index is 0.230. The van der Waals surface area contributed by atoms with Gasteiger partial charge in [-0.3, -0.25) is 0 Å². The van der Waals surface area contributed by atoms with Gasteiger partial charge in [0, 0.05) is 5.39 Å². The Labute approximate surface area is 99.7 Å². The van der Waals surface area contributed by atoms with E-state index in [2.05, 4.69) is 11.6 Å². The van der Waals surface area contributed by atoms with Crippen LogP contribution in [0, 0.1) is 0 Å². The summed E-state index contributed by atoms with van der Waals surface area (Å²) >= 11 is 0. The van der Waals surface area contributed by atoms with Gasteiger partial charge in [-0.1, -0.05) is 30.8 Å². The number of pyridine rings is 1. The number of rotatable bonds is 3. The number of ether oxygens (including phenoxy) is 1. The summed E-state index contributed by atoms with van der Waals surface area (Å²) in [5, 5.41) is 1.00. The van der Waals surface area contributed by atoms with Crippen LogP contribution >= 0.6 is 0 Å². The van der Waals surface area contributed by atoms with Crippen molar-refractivity contribution in [1.82, 2.24) is 4.98 Å². The van der Waals surface area contributed by atoms with Crippen molar-refractivity contribution in [3.05, 3.63) is 54.2 Å². The van der Waals surface area contributed by atoms with Gasteiger partial charge in [0.25, 0.3) is 0 Å². The molecule has 0 unspecified atom stereocenters. The Balaban J connectivity index is 2.24. The second kappa shape index (κ2) is 4.78. The average molecular weight is 227 g/mol. The van der Waals surface area contributed by atoms with Crippen LogP contribution in [0.15, 0.2) is 48.6 Å². The lowest BCUT2D eigenvalue weighted by molar-refractivity contribution is 0.0534. The number of nitrogens with zero attached hydrogens (tertiary/aromatic N) is 1. The lowest BCUT2D eigenvalue weighted by Crippen LogP contribution is -2.08. The molecule has 1 aromatic heterocycles. The molecule has 0 saturated carbocycles. The van der Waals surface area contributed by atoms with E-state index in [9.17, 15) is 4.79 Å². The monoisotopic (exact) mass is 227 g/mol. The number of fused-ring (bicyclic) bond motifs is 1. The maximum atomic E-state index is 11.7. The Morgan fingerprint density at radius 1 is 1.29 bits per heavy atom. The molecular formula is C14H13NO2. The van der Waals surface area contributed by atoms with Crippen LogP contribution in [0.3, 0.4) is 0 Å². The van der Waals surface area contributed by atoms with E-state index >= 15 is 0 Å². The molecule has 3 heteroatoms. The fraction of sp³-hybridized carbons (Fsp3) is 0.143. The first kappa shape index (κ1) is 11.3. The molecule has 3 nitrogen and oxygen atoms in total. The first-order valence-electron chi connectivity index (χ1n) is 5.34. The van der Waals surface area contributed by atoms with Gasteiger partial charge in [-0.25, -0.2) is 9.78 Å². The van der Waals surface area contributed by atoms with Crippen molar-refractivity contribution in [2.75, 3.05) is 6.61 Å². The van der Waals surface area contributed by atoms with Gasteiger partial charge in [-0.05, 0) is 24.6 Å². The molecule has 0 aliphatic heterocycles. The van der Waals surface area contributed by atoms with E-state index in [-0.39, 0.29) is 6.61 Å². The van der Waals surface area contributed by atoms with Crippen LogP contribution in [0.25, 0.3) is 10.9 Å². The third-order valence-corrected chi connectivity index (χ3v) is 2.26. The molecule has 86 valence electrons. The first-order valence-corrected chi connectivity index (χ1v) is 5.34. The number of aromatic nitrogens is 1. The van der Waals surface area contributed by atoms with E-state index in [0.717, 1.165) is 16.5 Å². The molecule has 1 heterocycles. The molecular weight excluding hydrogens is 214 g/mol. The molecule has 0 radical (unpaired) electrons. The highest BCUT2D eigenvalue weighted by Gasteiger charge is 2.09. The Morgan fingerprint density at radius 3 is 2.82 bits per heavy atom. The number of hydrogen-bond acceptors (Lipinski definition) is 3. The summed E-state index contributed by atoms with van der Waals surface area (Å²) in [6, 6.07) is 11.2. The summed E-state index contributed by atoms with van der Waals surface area (Å²) in [5.41, 5.74) is 1.92. The van der Waals surface area contributed by atoms with Crippen LogP contribution < -0.4 is 0 Å². The van der Waals surface area contributed by atoms with Gasteiger partial charge in [-0.15, -0.1) is 0 Å². The molecule has 0 aliphatic carbocycles. The molecule has 2 aromatic rings. The zero-order chi connectivity index (χ0) is 12.3. The van der Waals surface area contributed by atoms with E-state index < -0.39 is 5.97 Å². The zero-order valence-electron chi connectivity index (χ0n) is 9.64. The summed E-state index contributed by atoms with van der Waals surface area (Å²) < 4.78 is 5.04. The summed E-state index contributed by atoms with van der Waals surface area (Å²) in [4.78, 5) is 15.9. The maximum absolute atomic E-state index is 11.7. The number of hydrogen-bond donors (Lipinski definition) is 0. The number of carbonyl (C=O) groups excluding carboxylic acids is 1. The predicted octanol–water partition coefficient (Wildman–Crippen LogP) is 2.97. The standard InChI is InChI=1S/C14H13NO2/c1-10(2)9-17-14(16)13-8-7-11-5-3-4-6-12(11)15-13/h3-8H,1,9H2,2H3. The van der Waals surface area contributed by atoms with E-state index in [1.54, 1.807) is 13.0 Å². The topological polar surface area (TPSA) is 39.2 Å². The van der Waals surface area contributed by atoms with E-state index in [0.29, 0.717) is 5.69 Å². The molecule has 0 fully saturated rings. The third kappa shape index (κ3) is 2.69. The van der Waals surface area contributed by atoms with Gasteiger partial charge < -0.3 is 4.74 Å². The zero-order valence-corrected chi connectivity index (χ0v) is 9.64. The van der Waals surface area contributed by atoms with Crippen molar-refractivity contribution in [1.29, 1.82) is 0 Å². The Morgan fingerprint density at radius 2 is 2.06 bits per heavy atom. The number of esters is 1. The molecule has 0 aliphatic rings. The predicted molar refractivity (Wildman–Crippen MR) is 66.8 cm³/mol. The fourth-order valence-electron chi connectivity index (χ4n) is 1.44. The Kier molecular flexibility index (Phi) is 3.19. The van der Waals surface area contributed by atoms with Gasteiger partial charge in [-0.2, -0.15) is 0 Å². The van der Waals surface area contributed by atoms with Crippen molar-refractivity contribution in [2.45, 2.75) is 6.92 Å². The maximum Gasteiger partial charge on any atom is 0.357 e. The molecule has 0 saturated heterocycles. The minimum atomic E-state index is -0.418. The molecule has 2 rings (SSSR count). The fourth-order valence-corrected chi connectivity index (χ4v) is 1.44. The lowest BCUT2D eigenvalue weighted by Gasteiger charge is -2.04. The largest absolute Gasteiger partial charge is 0.456 e. The molecule has 0 spiro atoms. The number of carbonyl (C=O) groups is 1. The average Bonchev–Trinajstić information content (AvgIpc) is 2.35. The highest BCUT2D eigenvalue weighted by Crippen LogP contribution is 2.12. The molecule has 17 heavy (non-hydrogen) atoms. The SMILES string of the molecule is C=C(C)COC(=O)c1ccc2ccccc2n1. The van der Waals surface area contributed by atoms with Crippen molar-refractivity contribution in [3.8, 4) is 0 Å². The molecule has 0 N–H and O–H groups in total. The van der Waals surface area contributed by atoms with Gasteiger partial charge >= 0.3 is 5.97 Å². The van der Waals surface area contributed by atoms with Crippen molar-refractivity contribution >= 4 is 16.9 Å². The molecule has 0 amide bonds. The van der Waals surface area contributed by atoms with E-state index in [1.807, 2.05) is 30.3 Å². The van der Waals surface area contributed by atoms with Crippen LogP contribution in [0.1, 0.15) is 17.4 Å². The molecule has 0 atom stereocenters. The Hall–Kier alpha value is -2.16. The van der Waals surface area contributed by atoms with Gasteiger partial charge in [0.05, 0.1) is 5.52 Å². The smallest absolute Gasteiger partial charge is 0.357 e. The van der Waals surface area contributed by atoms with Gasteiger partial charge in [0.15, 0.2) is 0 Å². The van der Waals surface area contributed by atoms with E-state index in [1.165, 1.54) is 0 Å². The second-order valence-electron chi connectivity index (χ2n) is 3.92. The minimum Gasteiger partial charge on any atom is -0.456 e. The molecule has 1 aromatic carbocycles. The quantitative estimate of drug-likeness (QED) is 0.597. The van der Waals surface area contributed by atoms with Crippen LogP contribution in [-0.4, -0.2) is 17.6 Å². The van der Waals surface area contributed by atoms with Crippen LogP contribution in [0.2, 0.25) is 0 Å². The first-order chi connectivity index (χ1) is 8.16. The second-order valence-corrected chi connectivity index (χ2v) is 3.92. The third-order valence-electron chi connectivity index (χ3n) is 2.26. The van der Waals surface area contributed by atoms with Gasteiger partial charge in [0.2, 0.25) is 0 Å². The van der Waals surface area contributed by atoms with Crippen molar-refractivity contribution in [3.63, 3.8) is 0 Å². The van der Waals surface area contributed by atoms with Crippen LogP contribution in [0.4, 0.5) is 0 Å². The highest BCUT2D eigenvalue weighted by molar-refractivity contribution is 5.91. The van der Waals surface area contributed by atoms with Crippen LogP contribution in [-0.2, 0) is 4.74 Å². The summed E-state index contributed by atoms with van der Waals surface area (Å²) in [7, 11) is 0. The summed E-state index contributed by atoms with van der Waals surface area (Å²) in [5.74, 6) is -0.418. The highest BCUT2D eigenvalue weighted by atomic mass is 16.5. The number of benzene rings is 1. The molecule has 0 bridgehead atoms.